The number of carbonyl (C=O) groups is 1. The lowest BCUT2D eigenvalue weighted by Gasteiger charge is -2.03. The molecule has 0 radical (unpaired) electrons. The van der Waals surface area contributed by atoms with Crippen LogP contribution in [0.1, 0.15) is 23.1 Å². The van der Waals surface area contributed by atoms with E-state index in [0.29, 0.717) is 5.82 Å². The van der Waals surface area contributed by atoms with Gasteiger partial charge in [0, 0.05) is 13.2 Å². The van der Waals surface area contributed by atoms with E-state index in [2.05, 4.69) is 20.6 Å². The molecule has 2 heterocycles. The summed E-state index contributed by atoms with van der Waals surface area (Å²) in [6, 6.07) is 3.18. The van der Waals surface area contributed by atoms with Crippen molar-refractivity contribution in [3.05, 3.63) is 29.7 Å². The van der Waals surface area contributed by atoms with Gasteiger partial charge in [-0.1, -0.05) is 6.92 Å². The fraction of sp³-hybridized carbons (Fsp3) is 0.273. The second-order valence-electron chi connectivity index (χ2n) is 3.81. The summed E-state index contributed by atoms with van der Waals surface area (Å²) in [7, 11) is 1.85. The van der Waals surface area contributed by atoms with E-state index in [1.54, 1.807) is 10.7 Å². The Labute approximate surface area is 104 Å². The number of nitrogens with one attached hydrogen (secondary N) is 1. The van der Waals surface area contributed by atoms with Crippen LogP contribution in [-0.4, -0.2) is 25.9 Å². The van der Waals surface area contributed by atoms with Gasteiger partial charge in [0.1, 0.15) is 0 Å². The molecule has 0 saturated carbocycles. The zero-order valence-corrected chi connectivity index (χ0v) is 10.2. The molecule has 0 saturated heterocycles. The molecule has 18 heavy (non-hydrogen) atoms. The van der Waals surface area contributed by atoms with Crippen molar-refractivity contribution in [1.29, 1.82) is 0 Å². The molecule has 0 unspecified atom stereocenters. The molecule has 2 aromatic rings. The van der Waals surface area contributed by atoms with Gasteiger partial charge in [0.25, 0.3) is 5.91 Å². The van der Waals surface area contributed by atoms with Crippen LogP contribution in [0.25, 0.3) is 0 Å². The van der Waals surface area contributed by atoms with Crippen LogP contribution in [0.4, 0.5) is 11.5 Å². The molecule has 2 aromatic heterocycles. The lowest BCUT2D eigenvalue weighted by atomic mass is 10.3. The number of hydrogen-bond donors (Lipinski definition) is 2. The second kappa shape index (κ2) is 4.82. The van der Waals surface area contributed by atoms with Gasteiger partial charge in [-0.15, -0.1) is 10.2 Å². The average molecular weight is 246 g/mol. The number of nitrogens with two attached hydrogens (primary N) is 1. The third-order valence-corrected chi connectivity index (χ3v) is 2.42. The summed E-state index contributed by atoms with van der Waals surface area (Å²) < 4.78 is 1.73. The van der Waals surface area contributed by atoms with Crippen LogP contribution < -0.4 is 11.1 Å². The van der Waals surface area contributed by atoms with E-state index in [1.165, 1.54) is 6.07 Å². The number of amides is 1. The van der Waals surface area contributed by atoms with Gasteiger partial charge < -0.3 is 11.1 Å². The SMILES string of the molecule is CCc1nn(C)cc1Nc1ccc(C(N)=O)nn1. The summed E-state index contributed by atoms with van der Waals surface area (Å²) in [5, 5.41) is 15.0. The van der Waals surface area contributed by atoms with Crippen LogP contribution in [0.3, 0.4) is 0 Å². The molecule has 3 N–H and O–H groups in total. The first-order valence-corrected chi connectivity index (χ1v) is 5.53. The van der Waals surface area contributed by atoms with E-state index in [4.69, 9.17) is 5.73 Å². The Bertz CT molecular complexity index is 559. The molecule has 0 aromatic carbocycles. The first kappa shape index (κ1) is 12.0. The lowest BCUT2D eigenvalue weighted by molar-refractivity contribution is 0.0994. The number of anilines is 2. The summed E-state index contributed by atoms with van der Waals surface area (Å²) in [5.41, 5.74) is 7.05. The number of primary amides is 1. The Balaban J connectivity index is 2.20. The average Bonchev–Trinajstić information content (AvgIpc) is 2.70. The largest absolute Gasteiger partial charge is 0.364 e. The van der Waals surface area contributed by atoms with Gasteiger partial charge in [0.2, 0.25) is 0 Å². The summed E-state index contributed by atoms with van der Waals surface area (Å²) in [6.07, 6.45) is 2.68. The van der Waals surface area contributed by atoms with Crippen molar-refractivity contribution in [2.45, 2.75) is 13.3 Å². The Morgan fingerprint density at radius 3 is 2.78 bits per heavy atom. The van der Waals surface area contributed by atoms with Crippen molar-refractivity contribution in [3.8, 4) is 0 Å². The monoisotopic (exact) mass is 246 g/mol. The van der Waals surface area contributed by atoms with E-state index in [1.807, 2.05) is 20.2 Å². The highest BCUT2D eigenvalue weighted by molar-refractivity contribution is 5.90. The molecular weight excluding hydrogens is 232 g/mol. The maximum absolute atomic E-state index is 10.9. The number of rotatable bonds is 4. The topological polar surface area (TPSA) is 98.7 Å². The molecule has 0 aliphatic rings. The highest BCUT2D eigenvalue weighted by atomic mass is 16.1. The van der Waals surface area contributed by atoms with Crippen molar-refractivity contribution in [1.82, 2.24) is 20.0 Å². The summed E-state index contributed by atoms with van der Waals surface area (Å²) in [4.78, 5) is 10.9. The fourth-order valence-corrected chi connectivity index (χ4v) is 1.57. The highest BCUT2D eigenvalue weighted by Gasteiger charge is 2.08. The molecule has 0 aliphatic carbocycles. The minimum Gasteiger partial charge on any atom is -0.364 e. The van der Waals surface area contributed by atoms with Gasteiger partial charge in [-0.2, -0.15) is 5.10 Å². The van der Waals surface area contributed by atoms with Gasteiger partial charge in [-0.05, 0) is 18.6 Å². The quantitative estimate of drug-likeness (QED) is 0.823. The van der Waals surface area contributed by atoms with Crippen LogP contribution >= 0.6 is 0 Å². The Hall–Kier alpha value is -2.44. The molecule has 7 nitrogen and oxygen atoms in total. The van der Waals surface area contributed by atoms with E-state index >= 15 is 0 Å². The van der Waals surface area contributed by atoms with Crippen molar-refractivity contribution >= 4 is 17.4 Å². The van der Waals surface area contributed by atoms with Crippen LogP contribution in [0, 0.1) is 0 Å². The Kier molecular flexibility index (Phi) is 3.22. The molecule has 0 bridgehead atoms. The molecule has 0 fully saturated rings. The molecule has 94 valence electrons. The Morgan fingerprint density at radius 1 is 1.44 bits per heavy atom. The zero-order valence-electron chi connectivity index (χ0n) is 10.2. The fourth-order valence-electron chi connectivity index (χ4n) is 1.57. The van der Waals surface area contributed by atoms with E-state index in [-0.39, 0.29) is 5.69 Å². The molecule has 0 spiro atoms. The first-order chi connectivity index (χ1) is 8.60. The van der Waals surface area contributed by atoms with Crippen LogP contribution in [-0.2, 0) is 13.5 Å². The first-order valence-electron chi connectivity index (χ1n) is 5.53. The minimum atomic E-state index is -0.593. The molecular formula is C11H14N6O. The van der Waals surface area contributed by atoms with Gasteiger partial charge in [-0.25, -0.2) is 0 Å². The molecule has 0 atom stereocenters. The predicted molar refractivity (Wildman–Crippen MR) is 66.4 cm³/mol. The van der Waals surface area contributed by atoms with E-state index < -0.39 is 5.91 Å². The summed E-state index contributed by atoms with van der Waals surface area (Å²) in [6.45, 7) is 2.02. The zero-order chi connectivity index (χ0) is 13.1. The third kappa shape index (κ3) is 2.45. The number of aromatic nitrogens is 4. The molecule has 0 aliphatic heterocycles. The third-order valence-electron chi connectivity index (χ3n) is 2.42. The summed E-state index contributed by atoms with van der Waals surface area (Å²) in [5.74, 6) is -0.0487. The number of nitrogens with zero attached hydrogens (tertiary/aromatic N) is 4. The maximum Gasteiger partial charge on any atom is 0.269 e. The molecule has 1 amide bonds. The predicted octanol–water partition coefficient (Wildman–Crippen LogP) is 0.615. The second-order valence-corrected chi connectivity index (χ2v) is 3.81. The van der Waals surface area contributed by atoms with Gasteiger partial charge in [-0.3, -0.25) is 9.48 Å². The summed E-state index contributed by atoms with van der Waals surface area (Å²) >= 11 is 0. The smallest absolute Gasteiger partial charge is 0.269 e. The standard InChI is InChI=1S/C11H14N6O/c1-3-7-9(6-17(2)16-7)13-10-5-4-8(11(12)18)14-15-10/h4-6H,3H2,1-2H3,(H2,12,18)(H,13,15). The van der Waals surface area contributed by atoms with Crippen molar-refractivity contribution < 1.29 is 4.79 Å². The van der Waals surface area contributed by atoms with Crippen LogP contribution in [0.5, 0.6) is 0 Å². The Morgan fingerprint density at radius 2 is 2.22 bits per heavy atom. The van der Waals surface area contributed by atoms with Crippen LogP contribution in [0.2, 0.25) is 0 Å². The van der Waals surface area contributed by atoms with Crippen molar-refractivity contribution in [2.75, 3.05) is 5.32 Å². The minimum absolute atomic E-state index is 0.141. The molecule has 2 rings (SSSR count). The number of aryl methyl sites for hydroxylation is 2. The van der Waals surface area contributed by atoms with Crippen molar-refractivity contribution in [3.63, 3.8) is 0 Å². The maximum atomic E-state index is 10.9. The van der Waals surface area contributed by atoms with E-state index in [9.17, 15) is 4.79 Å². The van der Waals surface area contributed by atoms with Gasteiger partial charge in [0.05, 0.1) is 11.4 Å². The number of hydrogen-bond acceptors (Lipinski definition) is 5. The van der Waals surface area contributed by atoms with Crippen molar-refractivity contribution in [2.24, 2.45) is 12.8 Å². The normalized spacial score (nSPS) is 10.3. The highest BCUT2D eigenvalue weighted by Crippen LogP contribution is 2.18. The number of carbonyl (C=O) groups excluding carboxylic acids is 1. The van der Waals surface area contributed by atoms with Gasteiger partial charge >= 0.3 is 0 Å². The van der Waals surface area contributed by atoms with Gasteiger partial charge in [0.15, 0.2) is 11.5 Å². The lowest BCUT2D eigenvalue weighted by Crippen LogP contribution is -2.13. The van der Waals surface area contributed by atoms with Crippen LogP contribution in [0.15, 0.2) is 18.3 Å². The van der Waals surface area contributed by atoms with E-state index in [0.717, 1.165) is 17.8 Å². The molecule has 7 heteroatoms.